The van der Waals surface area contributed by atoms with Crippen LogP contribution >= 0.6 is 0 Å². The van der Waals surface area contributed by atoms with Gasteiger partial charge in [0.25, 0.3) is 5.91 Å². The van der Waals surface area contributed by atoms with Gasteiger partial charge in [-0.2, -0.15) is 0 Å². The molecular weight excluding hydrogens is 318 g/mol. The van der Waals surface area contributed by atoms with E-state index in [1.165, 1.54) is 0 Å². The number of carboxylic acids is 1. The normalized spacial score (nSPS) is 22.7. The number of carboxylic acid groups (broad SMARTS) is 1. The van der Waals surface area contributed by atoms with Crippen molar-refractivity contribution in [3.05, 3.63) is 23.8 Å². The number of fused-ring (bicyclic) bond motifs is 1. The molecule has 2 N–H and O–H groups in total. The topological polar surface area (TPSA) is 103 Å². The summed E-state index contributed by atoms with van der Waals surface area (Å²) >= 11 is 0. The average molecular weight is 337 g/mol. The van der Waals surface area contributed by atoms with Gasteiger partial charge in [-0.15, -0.1) is 0 Å². The van der Waals surface area contributed by atoms with Crippen LogP contribution in [0.1, 0.15) is 16.8 Å². The van der Waals surface area contributed by atoms with E-state index in [4.69, 9.17) is 24.1 Å². The van der Waals surface area contributed by atoms with Crippen LogP contribution in [0.25, 0.3) is 0 Å². The van der Waals surface area contributed by atoms with E-state index in [2.05, 4.69) is 5.32 Å². The highest BCUT2D eigenvalue weighted by Crippen LogP contribution is 2.33. The lowest BCUT2D eigenvalue weighted by molar-refractivity contribution is -0.148. The highest BCUT2D eigenvalue weighted by molar-refractivity contribution is 5.98. The standard InChI is InChI=1S/C16H19NO7/c18-14(19)9-24-13-8-21-5-4-11(13)17-16(20)10-2-1-3-12-15(10)23-7-6-22-12/h1-3,11,13H,4-9H2,(H,17,20)(H,18,19). The molecule has 0 saturated carbocycles. The molecule has 130 valence electrons. The van der Waals surface area contributed by atoms with Crippen molar-refractivity contribution in [1.29, 1.82) is 0 Å². The van der Waals surface area contributed by atoms with E-state index in [0.29, 0.717) is 43.3 Å². The molecule has 0 bridgehead atoms. The first-order valence-corrected chi connectivity index (χ1v) is 7.76. The van der Waals surface area contributed by atoms with Crippen molar-refractivity contribution in [3.8, 4) is 11.5 Å². The molecule has 1 aromatic carbocycles. The highest BCUT2D eigenvalue weighted by Gasteiger charge is 2.30. The zero-order chi connectivity index (χ0) is 16.9. The summed E-state index contributed by atoms with van der Waals surface area (Å²) in [7, 11) is 0. The molecule has 1 aromatic rings. The Morgan fingerprint density at radius 2 is 2.08 bits per heavy atom. The van der Waals surface area contributed by atoms with Gasteiger partial charge in [0.1, 0.15) is 25.9 Å². The number of nitrogens with one attached hydrogen (secondary N) is 1. The maximum atomic E-state index is 12.6. The van der Waals surface area contributed by atoms with Crippen molar-refractivity contribution >= 4 is 11.9 Å². The Kier molecular flexibility index (Phi) is 5.17. The van der Waals surface area contributed by atoms with Crippen molar-refractivity contribution in [2.75, 3.05) is 33.0 Å². The Labute approximate surface area is 138 Å². The third-order valence-corrected chi connectivity index (χ3v) is 3.85. The number of hydrogen-bond donors (Lipinski definition) is 2. The summed E-state index contributed by atoms with van der Waals surface area (Å²) in [6.07, 6.45) is 0.0399. The average Bonchev–Trinajstić information content (AvgIpc) is 2.60. The summed E-state index contributed by atoms with van der Waals surface area (Å²) in [4.78, 5) is 23.3. The third kappa shape index (κ3) is 3.77. The van der Waals surface area contributed by atoms with Gasteiger partial charge in [0.05, 0.1) is 18.2 Å². The molecular formula is C16H19NO7. The minimum atomic E-state index is -1.06. The Bertz CT molecular complexity index is 618. The summed E-state index contributed by atoms with van der Waals surface area (Å²) in [5.74, 6) is -0.405. The molecule has 1 saturated heterocycles. The monoisotopic (exact) mass is 337 g/mol. The first-order valence-electron chi connectivity index (χ1n) is 7.76. The van der Waals surface area contributed by atoms with Gasteiger partial charge < -0.3 is 29.4 Å². The molecule has 3 rings (SSSR count). The van der Waals surface area contributed by atoms with E-state index >= 15 is 0 Å². The van der Waals surface area contributed by atoms with Gasteiger partial charge in [0.2, 0.25) is 0 Å². The molecule has 1 amide bonds. The van der Waals surface area contributed by atoms with E-state index in [1.807, 2.05) is 0 Å². The lowest BCUT2D eigenvalue weighted by atomic mass is 10.0. The summed E-state index contributed by atoms with van der Waals surface area (Å²) < 4.78 is 21.6. The molecule has 2 aliphatic heterocycles. The fourth-order valence-electron chi connectivity index (χ4n) is 2.72. The lowest BCUT2D eigenvalue weighted by Gasteiger charge is -2.32. The second-order valence-corrected chi connectivity index (χ2v) is 5.52. The molecule has 0 radical (unpaired) electrons. The minimum absolute atomic E-state index is 0.241. The van der Waals surface area contributed by atoms with Gasteiger partial charge in [0.15, 0.2) is 11.5 Å². The van der Waals surface area contributed by atoms with Crippen LogP contribution in [0.2, 0.25) is 0 Å². The lowest BCUT2D eigenvalue weighted by Crippen LogP contribution is -2.50. The Balaban J connectivity index is 1.70. The number of rotatable bonds is 5. The molecule has 0 aromatic heterocycles. The van der Waals surface area contributed by atoms with Crippen molar-refractivity contribution in [3.63, 3.8) is 0 Å². The summed E-state index contributed by atoms with van der Waals surface area (Å²) in [5.41, 5.74) is 0.385. The molecule has 2 unspecified atom stereocenters. The smallest absolute Gasteiger partial charge is 0.329 e. The molecule has 2 atom stereocenters. The number of ether oxygens (including phenoxy) is 4. The van der Waals surface area contributed by atoms with Gasteiger partial charge in [-0.25, -0.2) is 4.79 Å². The second-order valence-electron chi connectivity index (χ2n) is 5.52. The number of benzene rings is 1. The van der Waals surface area contributed by atoms with E-state index < -0.39 is 18.7 Å². The fourth-order valence-corrected chi connectivity index (χ4v) is 2.72. The van der Waals surface area contributed by atoms with E-state index in [1.54, 1.807) is 18.2 Å². The minimum Gasteiger partial charge on any atom is -0.486 e. The molecule has 1 fully saturated rings. The van der Waals surface area contributed by atoms with Gasteiger partial charge in [-0.1, -0.05) is 6.07 Å². The Morgan fingerprint density at radius 3 is 2.92 bits per heavy atom. The Hall–Kier alpha value is -2.32. The molecule has 24 heavy (non-hydrogen) atoms. The molecule has 8 heteroatoms. The van der Waals surface area contributed by atoms with E-state index in [-0.39, 0.29) is 18.6 Å². The van der Waals surface area contributed by atoms with Crippen LogP contribution in [0.4, 0.5) is 0 Å². The maximum Gasteiger partial charge on any atom is 0.329 e. The number of carbonyl (C=O) groups is 2. The third-order valence-electron chi connectivity index (χ3n) is 3.85. The van der Waals surface area contributed by atoms with Crippen LogP contribution in [-0.4, -0.2) is 62.2 Å². The number of para-hydroxylation sites is 1. The first kappa shape index (κ1) is 16.5. The fraction of sp³-hybridized carbons (Fsp3) is 0.500. The number of amides is 1. The quantitative estimate of drug-likeness (QED) is 0.804. The zero-order valence-electron chi connectivity index (χ0n) is 13.0. The predicted molar refractivity (Wildman–Crippen MR) is 81.5 cm³/mol. The van der Waals surface area contributed by atoms with E-state index in [0.717, 1.165) is 0 Å². The Morgan fingerprint density at radius 1 is 1.25 bits per heavy atom. The van der Waals surface area contributed by atoms with Crippen molar-refractivity contribution in [2.45, 2.75) is 18.6 Å². The van der Waals surface area contributed by atoms with E-state index in [9.17, 15) is 9.59 Å². The number of hydrogen-bond acceptors (Lipinski definition) is 6. The molecule has 2 aliphatic rings. The summed E-state index contributed by atoms with van der Waals surface area (Å²) in [5, 5.41) is 11.6. The first-order chi connectivity index (χ1) is 11.6. The SMILES string of the molecule is O=C(O)COC1COCCC1NC(=O)c1cccc2c1OCCO2. The molecule has 0 spiro atoms. The molecule has 0 aliphatic carbocycles. The van der Waals surface area contributed by atoms with Crippen LogP contribution in [0, 0.1) is 0 Å². The molecule has 2 heterocycles. The number of carbonyl (C=O) groups excluding carboxylic acids is 1. The zero-order valence-corrected chi connectivity index (χ0v) is 13.0. The van der Waals surface area contributed by atoms with Crippen LogP contribution in [0.5, 0.6) is 11.5 Å². The predicted octanol–water partition coefficient (Wildman–Crippen LogP) is 0.446. The van der Waals surface area contributed by atoms with Crippen LogP contribution < -0.4 is 14.8 Å². The summed E-state index contributed by atoms with van der Waals surface area (Å²) in [6, 6.07) is 4.81. The van der Waals surface area contributed by atoms with Gasteiger partial charge in [-0.05, 0) is 18.6 Å². The summed E-state index contributed by atoms with van der Waals surface area (Å²) in [6.45, 7) is 1.12. The maximum absolute atomic E-state index is 12.6. The van der Waals surface area contributed by atoms with Crippen LogP contribution in [0.15, 0.2) is 18.2 Å². The van der Waals surface area contributed by atoms with Gasteiger partial charge in [-0.3, -0.25) is 4.79 Å². The van der Waals surface area contributed by atoms with Crippen LogP contribution in [-0.2, 0) is 14.3 Å². The highest BCUT2D eigenvalue weighted by atomic mass is 16.6. The second kappa shape index (κ2) is 7.50. The van der Waals surface area contributed by atoms with Crippen LogP contribution in [0.3, 0.4) is 0 Å². The van der Waals surface area contributed by atoms with Crippen molar-refractivity contribution < 1.29 is 33.6 Å². The number of aliphatic carboxylic acids is 1. The largest absolute Gasteiger partial charge is 0.486 e. The van der Waals surface area contributed by atoms with Crippen molar-refractivity contribution in [1.82, 2.24) is 5.32 Å². The van der Waals surface area contributed by atoms with Crippen molar-refractivity contribution in [2.24, 2.45) is 0 Å². The van der Waals surface area contributed by atoms with Gasteiger partial charge in [0, 0.05) is 6.61 Å². The molecule has 8 nitrogen and oxygen atoms in total. The van der Waals surface area contributed by atoms with Gasteiger partial charge >= 0.3 is 5.97 Å².